The third kappa shape index (κ3) is 5.43. The van der Waals surface area contributed by atoms with Gasteiger partial charge in [0.15, 0.2) is 0 Å². The Morgan fingerprint density at radius 2 is 2.07 bits per heavy atom. The van der Waals surface area contributed by atoms with E-state index in [1.807, 2.05) is 10.9 Å². The van der Waals surface area contributed by atoms with Gasteiger partial charge in [-0.2, -0.15) is 0 Å². The third-order valence-corrected chi connectivity index (χ3v) is 6.26. The SMILES string of the molecule is O=C(Nc1ccc(Cl)c(Cl)c1)N[C@@H]1CC[C@@H](CCn2cc(C3CC3)nn2)O[C@@H]1CO. The summed E-state index contributed by atoms with van der Waals surface area (Å²) in [6.45, 7) is 0.557. The summed E-state index contributed by atoms with van der Waals surface area (Å²) in [5.41, 5.74) is 1.61. The molecule has 2 aromatic rings. The second kappa shape index (κ2) is 9.51. The number of benzene rings is 1. The summed E-state index contributed by atoms with van der Waals surface area (Å²) in [4.78, 5) is 12.3. The molecule has 2 fully saturated rings. The summed E-state index contributed by atoms with van der Waals surface area (Å²) in [5.74, 6) is 0.588. The van der Waals surface area contributed by atoms with Crippen LogP contribution in [0.15, 0.2) is 24.4 Å². The van der Waals surface area contributed by atoms with Gasteiger partial charge in [-0.05, 0) is 50.3 Å². The third-order valence-electron chi connectivity index (χ3n) is 5.52. The summed E-state index contributed by atoms with van der Waals surface area (Å²) in [7, 11) is 0. The van der Waals surface area contributed by atoms with Crippen molar-refractivity contribution >= 4 is 34.9 Å². The Kier molecular flexibility index (Phi) is 6.77. The Labute approximate surface area is 184 Å². The maximum atomic E-state index is 12.3. The zero-order chi connectivity index (χ0) is 21.1. The van der Waals surface area contributed by atoms with E-state index < -0.39 is 6.10 Å². The van der Waals surface area contributed by atoms with E-state index in [4.69, 9.17) is 27.9 Å². The first kappa shape index (κ1) is 21.4. The number of nitrogens with one attached hydrogen (secondary N) is 2. The van der Waals surface area contributed by atoms with Crippen molar-refractivity contribution in [2.24, 2.45) is 0 Å². The molecule has 30 heavy (non-hydrogen) atoms. The summed E-state index contributed by atoms with van der Waals surface area (Å²) in [6.07, 6.45) is 6.26. The summed E-state index contributed by atoms with van der Waals surface area (Å²) < 4.78 is 7.89. The molecule has 3 atom stereocenters. The minimum absolute atomic E-state index is 0.00640. The predicted molar refractivity (Wildman–Crippen MR) is 114 cm³/mol. The number of rotatable bonds is 7. The number of urea groups is 1. The average Bonchev–Trinajstić information content (AvgIpc) is 3.48. The molecule has 0 bridgehead atoms. The standard InChI is InChI=1S/C20H25Cl2N5O3/c21-15-5-3-13(9-16(15)22)23-20(29)24-17-6-4-14(30-19(17)11-28)7-8-27-10-18(25-26-27)12-1-2-12/h3,5,9-10,12,14,17,19,28H,1-2,4,6-8,11H2,(H2,23,24,29)/t14-,17+,19+/m0/s1. The molecule has 2 amide bonds. The van der Waals surface area contributed by atoms with Crippen molar-refractivity contribution < 1.29 is 14.6 Å². The first-order chi connectivity index (χ1) is 14.5. The summed E-state index contributed by atoms with van der Waals surface area (Å²) in [5, 5.41) is 24.6. The van der Waals surface area contributed by atoms with Gasteiger partial charge in [0.05, 0.1) is 34.5 Å². The summed E-state index contributed by atoms with van der Waals surface area (Å²) in [6, 6.07) is 4.21. The molecule has 1 aliphatic carbocycles. The van der Waals surface area contributed by atoms with Crippen LogP contribution in [0, 0.1) is 0 Å². The van der Waals surface area contributed by atoms with Crippen LogP contribution in [0.2, 0.25) is 10.0 Å². The van der Waals surface area contributed by atoms with Crippen molar-refractivity contribution in [3.63, 3.8) is 0 Å². The van der Waals surface area contributed by atoms with E-state index in [0.29, 0.717) is 21.7 Å². The first-order valence-electron chi connectivity index (χ1n) is 10.2. The van der Waals surface area contributed by atoms with Crippen LogP contribution in [0.25, 0.3) is 0 Å². The van der Waals surface area contributed by atoms with Gasteiger partial charge >= 0.3 is 6.03 Å². The van der Waals surface area contributed by atoms with Gasteiger partial charge in [-0.15, -0.1) is 5.10 Å². The number of hydrogen-bond donors (Lipinski definition) is 3. The number of halogens is 2. The van der Waals surface area contributed by atoms with Crippen molar-refractivity contribution in [3.05, 3.63) is 40.1 Å². The number of amides is 2. The van der Waals surface area contributed by atoms with E-state index in [1.165, 1.54) is 12.8 Å². The number of hydrogen-bond acceptors (Lipinski definition) is 5. The van der Waals surface area contributed by atoms with Gasteiger partial charge in [0.25, 0.3) is 0 Å². The molecule has 0 radical (unpaired) electrons. The van der Waals surface area contributed by atoms with Crippen LogP contribution in [-0.2, 0) is 11.3 Å². The monoisotopic (exact) mass is 453 g/mol. The summed E-state index contributed by atoms with van der Waals surface area (Å²) >= 11 is 11.9. The van der Waals surface area contributed by atoms with Crippen LogP contribution in [-0.4, -0.2) is 51.0 Å². The Bertz CT molecular complexity index is 889. The molecule has 8 nitrogen and oxygen atoms in total. The number of nitrogens with zero attached hydrogens (tertiary/aromatic N) is 3. The highest BCUT2D eigenvalue weighted by molar-refractivity contribution is 6.42. The second-order valence-electron chi connectivity index (χ2n) is 7.86. The molecule has 0 unspecified atom stereocenters. The normalized spacial score (nSPS) is 23.9. The second-order valence-corrected chi connectivity index (χ2v) is 8.67. The molecule has 2 aliphatic rings. The Morgan fingerprint density at radius 3 is 2.80 bits per heavy atom. The average molecular weight is 454 g/mol. The van der Waals surface area contributed by atoms with Crippen LogP contribution in [0.1, 0.15) is 43.7 Å². The van der Waals surface area contributed by atoms with E-state index in [0.717, 1.165) is 31.5 Å². The smallest absolute Gasteiger partial charge is 0.319 e. The highest BCUT2D eigenvalue weighted by Crippen LogP contribution is 2.38. The van der Waals surface area contributed by atoms with E-state index in [9.17, 15) is 9.90 Å². The lowest BCUT2D eigenvalue weighted by atomic mass is 9.97. The van der Waals surface area contributed by atoms with Gasteiger partial charge in [-0.25, -0.2) is 4.79 Å². The molecular weight excluding hydrogens is 429 g/mol. The number of carbonyl (C=O) groups excluding carboxylic acids is 1. The number of aliphatic hydroxyl groups is 1. The first-order valence-corrected chi connectivity index (χ1v) is 11.0. The molecule has 1 aliphatic heterocycles. The molecule has 10 heteroatoms. The lowest BCUT2D eigenvalue weighted by Crippen LogP contribution is -2.52. The highest BCUT2D eigenvalue weighted by Gasteiger charge is 2.32. The fourth-order valence-corrected chi connectivity index (χ4v) is 3.98. The number of aliphatic hydroxyl groups excluding tert-OH is 1. The molecule has 3 N–H and O–H groups in total. The van der Waals surface area contributed by atoms with E-state index in [1.54, 1.807) is 18.2 Å². The number of ether oxygens (including phenoxy) is 1. The van der Waals surface area contributed by atoms with Crippen LogP contribution in [0.5, 0.6) is 0 Å². The Balaban J connectivity index is 1.25. The van der Waals surface area contributed by atoms with Crippen LogP contribution >= 0.6 is 23.2 Å². The number of aromatic nitrogens is 3. The van der Waals surface area contributed by atoms with Crippen molar-refractivity contribution in [1.82, 2.24) is 20.3 Å². The zero-order valence-electron chi connectivity index (χ0n) is 16.4. The van der Waals surface area contributed by atoms with Crippen LogP contribution in [0.4, 0.5) is 10.5 Å². The molecule has 1 aromatic heterocycles. The van der Waals surface area contributed by atoms with E-state index >= 15 is 0 Å². The lowest BCUT2D eigenvalue weighted by molar-refractivity contribution is -0.0905. The van der Waals surface area contributed by atoms with E-state index in [2.05, 4.69) is 20.9 Å². The van der Waals surface area contributed by atoms with Gasteiger partial charge in [-0.1, -0.05) is 28.4 Å². The fraction of sp³-hybridized carbons (Fsp3) is 0.550. The molecular formula is C20H25Cl2N5O3. The minimum Gasteiger partial charge on any atom is -0.394 e. The van der Waals surface area contributed by atoms with Gasteiger partial charge < -0.3 is 20.5 Å². The van der Waals surface area contributed by atoms with Crippen LogP contribution in [0.3, 0.4) is 0 Å². The molecule has 0 spiro atoms. The van der Waals surface area contributed by atoms with Crippen molar-refractivity contribution in [1.29, 1.82) is 0 Å². The molecule has 1 saturated carbocycles. The molecule has 162 valence electrons. The quantitative estimate of drug-likeness (QED) is 0.594. The predicted octanol–water partition coefficient (Wildman–Crippen LogP) is 3.58. The fourth-order valence-electron chi connectivity index (χ4n) is 3.68. The minimum atomic E-state index is -0.457. The number of anilines is 1. The van der Waals surface area contributed by atoms with Gasteiger partial charge in [0, 0.05) is 24.3 Å². The zero-order valence-corrected chi connectivity index (χ0v) is 17.9. The maximum Gasteiger partial charge on any atom is 0.319 e. The van der Waals surface area contributed by atoms with Gasteiger partial charge in [0.2, 0.25) is 0 Å². The largest absolute Gasteiger partial charge is 0.394 e. The topological polar surface area (TPSA) is 101 Å². The van der Waals surface area contributed by atoms with Crippen molar-refractivity contribution in [3.8, 4) is 0 Å². The van der Waals surface area contributed by atoms with Crippen LogP contribution < -0.4 is 10.6 Å². The number of aryl methyl sites for hydroxylation is 1. The number of carbonyl (C=O) groups is 1. The van der Waals surface area contributed by atoms with Crippen molar-refractivity contribution in [2.75, 3.05) is 11.9 Å². The lowest BCUT2D eigenvalue weighted by Gasteiger charge is -2.36. The Hall–Kier alpha value is -1.87. The van der Waals surface area contributed by atoms with Gasteiger partial charge in [0.1, 0.15) is 6.10 Å². The molecule has 4 rings (SSSR count). The van der Waals surface area contributed by atoms with Gasteiger partial charge in [-0.3, -0.25) is 4.68 Å². The molecule has 1 aromatic carbocycles. The highest BCUT2D eigenvalue weighted by atomic mass is 35.5. The van der Waals surface area contributed by atoms with E-state index in [-0.39, 0.29) is 24.8 Å². The Morgan fingerprint density at radius 1 is 1.23 bits per heavy atom. The van der Waals surface area contributed by atoms with Crippen molar-refractivity contribution in [2.45, 2.75) is 62.8 Å². The molecule has 1 saturated heterocycles. The molecule has 2 heterocycles. The maximum absolute atomic E-state index is 12.3.